The van der Waals surface area contributed by atoms with Gasteiger partial charge >= 0.3 is 16.3 Å². The van der Waals surface area contributed by atoms with E-state index in [-0.39, 0.29) is 6.61 Å². The minimum Gasteiger partial charge on any atom is -0.433 e. The molecule has 0 aliphatic carbocycles. The molecule has 0 aliphatic rings. The van der Waals surface area contributed by atoms with Crippen molar-refractivity contribution in [2.24, 2.45) is 0 Å². The number of ether oxygens (including phenoxy) is 1. The van der Waals surface area contributed by atoms with Crippen molar-refractivity contribution in [1.29, 1.82) is 0 Å². The topological polar surface area (TPSA) is 69.7 Å². The summed E-state index contributed by atoms with van der Waals surface area (Å²) < 4.78 is 29.8. The minimum absolute atomic E-state index is 0.178. The van der Waals surface area contributed by atoms with Crippen LogP contribution in [0.25, 0.3) is 0 Å². The fourth-order valence-electron chi connectivity index (χ4n) is 0.358. The molecule has 0 saturated carbocycles. The summed E-state index contributed by atoms with van der Waals surface area (Å²) in [6, 6.07) is 0. The van der Waals surface area contributed by atoms with Crippen LogP contribution < -0.4 is 0 Å². The molecule has 0 saturated heterocycles. The second-order valence-electron chi connectivity index (χ2n) is 1.93. The van der Waals surface area contributed by atoms with Crippen molar-refractivity contribution in [2.45, 2.75) is 6.42 Å². The van der Waals surface area contributed by atoms with E-state index in [2.05, 4.69) is 31.5 Å². The molecule has 0 atom stereocenters. The molecule has 0 aromatic carbocycles. The first-order chi connectivity index (χ1) is 5.45. The predicted octanol–water partition coefficient (Wildman–Crippen LogP) is 0.924. The number of hydrogen-bond acceptors (Lipinski definition) is 5. The summed E-state index contributed by atoms with van der Waals surface area (Å²) in [6.45, 7) is 0.178. The lowest BCUT2D eigenvalue weighted by Crippen LogP contribution is -2.13. The number of hydrogen-bond donors (Lipinski definition) is 0. The van der Waals surface area contributed by atoms with E-state index in [9.17, 15) is 13.2 Å². The van der Waals surface area contributed by atoms with Gasteiger partial charge in [0.1, 0.15) is 0 Å². The largest absolute Gasteiger partial charge is 0.524 e. The summed E-state index contributed by atoms with van der Waals surface area (Å²) in [6.07, 6.45) is 0.300. The Hall–Kier alpha value is -0.0500. The van der Waals surface area contributed by atoms with Crippen molar-refractivity contribution in [1.82, 2.24) is 0 Å². The fourth-order valence-corrected chi connectivity index (χ4v) is 0.964. The van der Waals surface area contributed by atoms with Crippen LogP contribution in [0.3, 0.4) is 0 Å². The second-order valence-corrected chi connectivity index (χ2v) is 4.58. The van der Waals surface area contributed by atoms with Gasteiger partial charge in [0.25, 0.3) is 0 Å². The van der Waals surface area contributed by atoms with Crippen molar-refractivity contribution in [3.05, 3.63) is 0 Å². The zero-order chi connectivity index (χ0) is 9.61. The third-order valence-corrected chi connectivity index (χ3v) is 1.92. The van der Waals surface area contributed by atoms with Gasteiger partial charge in [0.2, 0.25) is 0 Å². The molecule has 0 fully saturated rings. The Morgan fingerprint density at radius 2 is 2.08 bits per heavy atom. The summed E-state index contributed by atoms with van der Waals surface area (Å²) in [4.78, 5) is 10.5. The zero-order valence-corrected chi connectivity index (χ0v) is 9.42. The van der Waals surface area contributed by atoms with Gasteiger partial charge in [-0.15, -0.1) is 0 Å². The molecule has 0 heterocycles. The molecule has 0 aliphatic heterocycles. The monoisotopic (exact) mass is 308 g/mol. The highest BCUT2D eigenvalue weighted by Gasteiger charge is 2.11. The van der Waals surface area contributed by atoms with Gasteiger partial charge in [-0.3, -0.25) is 0 Å². The molecule has 0 N–H and O–H groups in total. The zero-order valence-electron chi connectivity index (χ0n) is 6.45. The Bertz CT molecular complexity index is 234. The van der Waals surface area contributed by atoms with Crippen molar-refractivity contribution in [2.75, 3.05) is 17.3 Å². The van der Waals surface area contributed by atoms with Gasteiger partial charge in [-0.05, 0) is 6.42 Å². The molecule has 0 aromatic rings. The SMILES string of the molecule is CS(=O)(=O)OC(=O)OCCCI. The van der Waals surface area contributed by atoms with Crippen molar-refractivity contribution in [3.63, 3.8) is 0 Å². The highest BCUT2D eigenvalue weighted by molar-refractivity contribution is 14.1. The van der Waals surface area contributed by atoms with Crippen LogP contribution in [0.4, 0.5) is 4.79 Å². The molecular formula is C5H9IO5S. The molecule has 0 bridgehead atoms. The van der Waals surface area contributed by atoms with Crippen molar-refractivity contribution >= 4 is 38.9 Å². The third-order valence-electron chi connectivity index (χ3n) is 0.717. The average Bonchev–Trinajstić information content (AvgIpc) is 1.84. The van der Waals surface area contributed by atoms with Gasteiger partial charge in [0, 0.05) is 4.43 Å². The first-order valence-corrected chi connectivity index (χ1v) is 6.42. The van der Waals surface area contributed by atoms with E-state index >= 15 is 0 Å². The van der Waals surface area contributed by atoms with Gasteiger partial charge in [-0.2, -0.15) is 8.42 Å². The van der Waals surface area contributed by atoms with Gasteiger partial charge < -0.3 is 8.92 Å². The first-order valence-electron chi connectivity index (χ1n) is 3.08. The number of carbonyl (C=O) groups excluding carboxylic acids is 1. The molecule has 5 nitrogen and oxygen atoms in total. The summed E-state index contributed by atoms with van der Waals surface area (Å²) in [5.41, 5.74) is 0. The van der Waals surface area contributed by atoms with E-state index in [1.165, 1.54) is 0 Å². The molecule has 7 heteroatoms. The molecule has 72 valence electrons. The van der Waals surface area contributed by atoms with E-state index in [1.54, 1.807) is 0 Å². The smallest absolute Gasteiger partial charge is 0.433 e. The van der Waals surface area contributed by atoms with E-state index in [0.29, 0.717) is 6.42 Å². The molecule has 0 aromatic heterocycles. The summed E-state index contributed by atoms with van der Waals surface area (Å²) >= 11 is 2.11. The molecule has 0 rings (SSSR count). The van der Waals surface area contributed by atoms with Crippen LogP contribution >= 0.6 is 22.6 Å². The standard InChI is InChI=1S/C5H9IO5S/c1-12(8,9)11-5(7)10-4-2-3-6/h2-4H2,1H3. The Morgan fingerprint density at radius 1 is 1.50 bits per heavy atom. The van der Waals surface area contributed by atoms with Crippen LogP contribution in [-0.4, -0.2) is 31.9 Å². The van der Waals surface area contributed by atoms with Crippen LogP contribution in [0, 0.1) is 0 Å². The minimum atomic E-state index is -3.74. The maximum absolute atomic E-state index is 10.5. The maximum atomic E-state index is 10.5. The van der Waals surface area contributed by atoms with Crippen LogP contribution in [0.2, 0.25) is 0 Å². The van der Waals surface area contributed by atoms with Gasteiger partial charge in [-0.1, -0.05) is 22.6 Å². The van der Waals surface area contributed by atoms with Crippen LogP contribution in [-0.2, 0) is 19.0 Å². The Kier molecular flexibility index (Phi) is 5.55. The highest BCUT2D eigenvalue weighted by Crippen LogP contribution is 1.95. The van der Waals surface area contributed by atoms with Gasteiger partial charge in [0.05, 0.1) is 12.9 Å². The second kappa shape index (κ2) is 5.57. The predicted molar refractivity (Wildman–Crippen MR) is 50.8 cm³/mol. The lowest BCUT2D eigenvalue weighted by molar-refractivity contribution is 0.102. The van der Waals surface area contributed by atoms with Gasteiger partial charge in [0.15, 0.2) is 0 Å². The third kappa shape index (κ3) is 8.05. The molecule has 12 heavy (non-hydrogen) atoms. The summed E-state index contributed by atoms with van der Waals surface area (Å²) in [5, 5.41) is 0. The lowest BCUT2D eigenvalue weighted by Gasteiger charge is -2.01. The molecular weight excluding hydrogens is 299 g/mol. The number of halogens is 1. The molecule has 0 spiro atoms. The van der Waals surface area contributed by atoms with Gasteiger partial charge in [-0.25, -0.2) is 4.79 Å². The normalized spacial score (nSPS) is 10.8. The number of carbonyl (C=O) groups is 1. The summed E-state index contributed by atoms with van der Waals surface area (Å²) in [5.74, 6) is 0. The van der Waals surface area contributed by atoms with Crippen LogP contribution in [0.15, 0.2) is 0 Å². The molecule has 0 unspecified atom stereocenters. The van der Waals surface area contributed by atoms with Crippen LogP contribution in [0.5, 0.6) is 0 Å². The maximum Gasteiger partial charge on any atom is 0.524 e. The number of alkyl halides is 1. The Morgan fingerprint density at radius 3 is 2.50 bits per heavy atom. The quantitative estimate of drug-likeness (QED) is 0.254. The summed E-state index contributed by atoms with van der Waals surface area (Å²) in [7, 11) is -3.74. The Labute approximate surface area is 84.7 Å². The van der Waals surface area contributed by atoms with Crippen molar-refractivity contribution < 1.29 is 22.1 Å². The van der Waals surface area contributed by atoms with Crippen LogP contribution in [0.1, 0.15) is 6.42 Å². The Balaban J connectivity index is 3.62. The van der Waals surface area contributed by atoms with E-state index in [4.69, 9.17) is 0 Å². The van der Waals surface area contributed by atoms with Crippen molar-refractivity contribution in [3.8, 4) is 0 Å². The van der Waals surface area contributed by atoms with E-state index < -0.39 is 16.3 Å². The fraction of sp³-hybridized carbons (Fsp3) is 0.800. The first kappa shape index (κ1) is 11.9. The molecule has 0 amide bonds. The van der Waals surface area contributed by atoms with E-state index in [0.717, 1.165) is 10.7 Å². The lowest BCUT2D eigenvalue weighted by atomic mass is 10.5. The highest BCUT2D eigenvalue weighted by atomic mass is 127. The number of rotatable bonds is 4. The average molecular weight is 308 g/mol. The molecule has 0 radical (unpaired) electrons. The van der Waals surface area contributed by atoms with E-state index in [1.807, 2.05) is 0 Å².